The molecule has 0 aromatic heterocycles. The normalized spacial score (nSPS) is 29.2. The quantitative estimate of drug-likeness (QED) is 0.816. The van der Waals surface area contributed by atoms with Gasteiger partial charge in [-0.3, -0.25) is 4.79 Å². The molecule has 2 fully saturated rings. The number of carbonyl (C=O) groups is 1. The van der Waals surface area contributed by atoms with Gasteiger partial charge in [-0.1, -0.05) is 13.3 Å². The van der Waals surface area contributed by atoms with E-state index in [0.29, 0.717) is 12.5 Å². The van der Waals surface area contributed by atoms with E-state index in [-0.39, 0.29) is 23.3 Å². The van der Waals surface area contributed by atoms with E-state index in [9.17, 15) is 13.2 Å². The van der Waals surface area contributed by atoms with Crippen LogP contribution in [0, 0.1) is 5.92 Å². The van der Waals surface area contributed by atoms with Crippen LogP contribution in [0.4, 0.5) is 0 Å². The van der Waals surface area contributed by atoms with Gasteiger partial charge in [-0.2, -0.15) is 0 Å². The molecule has 2 heterocycles. The fourth-order valence-electron chi connectivity index (χ4n) is 3.16. The van der Waals surface area contributed by atoms with Crippen molar-refractivity contribution >= 4 is 15.7 Å². The first kappa shape index (κ1) is 15.8. The molecule has 2 saturated heterocycles. The highest BCUT2D eigenvalue weighted by Crippen LogP contribution is 2.21. The van der Waals surface area contributed by atoms with Crippen LogP contribution >= 0.6 is 0 Å². The Bertz CT molecular complexity index is 430. The largest absolute Gasteiger partial charge is 0.341 e. The predicted molar refractivity (Wildman–Crippen MR) is 79.3 cm³/mol. The lowest BCUT2D eigenvalue weighted by Crippen LogP contribution is -2.47. The van der Waals surface area contributed by atoms with Crippen LogP contribution in [-0.2, 0) is 14.6 Å². The molecule has 0 spiro atoms. The van der Waals surface area contributed by atoms with Gasteiger partial charge in [0.1, 0.15) is 0 Å². The number of sulfone groups is 1. The maximum absolute atomic E-state index is 12.5. The summed E-state index contributed by atoms with van der Waals surface area (Å²) in [4.78, 5) is 14.4. The average Bonchev–Trinajstić information content (AvgIpc) is 2.79. The Labute approximate surface area is 122 Å². The molecule has 1 amide bonds. The Morgan fingerprint density at radius 3 is 2.65 bits per heavy atom. The SMILES string of the molecule is CCCN(CC1CCCCN1)C(=O)C1CCS(=O)(=O)C1. The van der Waals surface area contributed by atoms with E-state index >= 15 is 0 Å². The molecule has 2 aliphatic heterocycles. The van der Waals surface area contributed by atoms with Crippen molar-refractivity contribution in [1.29, 1.82) is 0 Å². The number of nitrogens with zero attached hydrogens (tertiary/aromatic N) is 1. The summed E-state index contributed by atoms with van der Waals surface area (Å²) in [6, 6.07) is 0.372. The number of carbonyl (C=O) groups excluding carboxylic acids is 1. The van der Waals surface area contributed by atoms with E-state index < -0.39 is 9.84 Å². The summed E-state index contributed by atoms with van der Waals surface area (Å²) in [6.45, 7) is 4.54. The number of amides is 1. The highest BCUT2D eigenvalue weighted by atomic mass is 32.2. The zero-order valence-corrected chi connectivity index (χ0v) is 13.1. The van der Waals surface area contributed by atoms with Crippen molar-refractivity contribution in [2.45, 2.75) is 45.1 Å². The second kappa shape index (κ2) is 6.89. The molecule has 6 heteroatoms. The third kappa shape index (κ3) is 4.19. The van der Waals surface area contributed by atoms with E-state index in [2.05, 4.69) is 12.2 Å². The summed E-state index contributed by atoms with van der Waals surface area (Å²) in [5.74, 6) is -0.0507. The number of rotatable bonds is 5. The van der Waals surface area contributed by atoms with Crippen LogP contribution in [0.3, 0.4) is 0 Å². The van der Waals surface area contributed by atoms with E-state index in [1.54, 1.807) is 0 Å². The molecule has 0 aromatic carbocycles. The smallest absolute Gasteiger partial charge is 0.226 e. The minimum absolute atomic E-state index is 0.0419. The summed E-state index contributed by atoms with van der Waals surface area (Å²) in [7, 11) is -2.99. The molecule has 2 unspecified atom stereocenters. The van der Waals surface area contributed by atoms with Crippen LogP contribution in [0.1, 0.15) is 39.0 Å². The molecule has 2 aliphatic rings. The molecular weight excluding hydrogens is 276 g/mol. The van der Waals surface area contributed by atoms with E-state index in [4.69, 9.17) is 0 Å². The fourth-order valence-corrected chi connectivity index (χ4v) is 4.89. The van der Waals surface area contributed by atoms with Gasteiger partial charge in [-0.25, -0.2) is 8.42 Å². The Hall–Kier alpha value is -0.620. The maximum atomic E-state index is 12.5. The molecule has 20 heavy (non-hydrogen) atoms. The monoisotopic (exact) mass is 302 g/mol. The van der Waals surface area contributed by atoms with Gasteiger partial charge in [-0.15, -0.1) is 0 Å². The van der Waals surface area contributed by atoms with Gasteiger partial charge in [-0.05, 0) is 32.2 Å². The number of hydrogen-bond acceptors (Lipinski definition) is 4. The molecule has 0 saturated carbocycles. The third-order valence-corrected chi connectivity index (χ3v) is 6.01. The van der Waals surface area contributed by atoms with Crippen molar-refractivity contribution in [3.8, 4) is 0 Å². The van der Waals surface area contributed by atoms with Gasteiger partial charge < -0.3 is 10.2 Å². The summed E-state index contributed by atoms with van der Waals surface area (Å²) in [5.41, 5.74) is 0. The second-order valence-corrected chi connectivity index (χ2v) is 8.26. The molecule has 2 rings (SSSR count). The average molecular weight is 302 g/mol. The number of piperidine rings is 1. The van der Waals surface area contributed by atoms with Gasteiger partial charge in [0.05, 0.1) is 17.4 Å². The van der Waals surface area contributed by atoms with Crippen LogP contribution in [0.15, 0.2) is 0 Å². The minimum Gasteiger partial charge on any atom is -0.341 e. The number of nitrogens with one attached hydrogen (secondary N) is 1. The topological polar surface area (TPSA) is 66.5 Å². The Balaban J connectivity index is 1.94. The van der Waals surface area contributed by atoms with Gasteiger partial charge in [0.15, 0.2) is 9.84 Å². The lowest BCUT2D eigenvalue weighted by molar-refractivity contribution is -0.135. The lowest BCUT2D eigenvalue weighted by Gasteiger charge is -2.31. The first-order chi connectivity index (χ1) is 9.52. The van der Waals surface area contributed by atoms with Gasteiger partial charge in [0.2, 0.25) is 5.91 Å². The molecule has 1 N–H and O–H groups in total. The molecule has 5 nitrogen and oxygen atoms in total. The molecule has 2 atom stereocenters. The Morgan fingerprint density at radius 1 is 1.30 bits per heavy atom. The molecule has 116 valence electrons. The molecule has 0 aromatic rings. The highest BCUT2D eigenvalue weighted by molar-refractivity contribution is 7.91. The lowest BCUT2D eigenvalue weighted by atomic mass is 10.0. The second-order valence-electron chi connectivity index (χ2n) is 6.03. The summed E-state index contributed by atoms with van der Waals surface area (Å²) >= 11 is 0. The Morgan fingerprint density at radius 2 is 2.10 bits per heavy atom. The van der Waals surface area contributed by atoms with Crippen molar-refractivity contribution < 1.29 is 13.2 Å². The van der Waals surface area contributed by atoms with Crippen LogP contribution < -0.4 is 5.32 Å². The first-order valence-electron chi connectivity index (χ1n) is 7.74. The zero-order valence-electron chi connectivity index (χ0n) is 12.3. The van der Waals surface area contributed by atoms with Crippen LogP contribution in [0.5, 0.6) is 0 Å². The van der Waals surface area contributed by atoms with Crippen molar-refractivity contribution in [1.82, 2.24) is 10.2 Å². The van der Waals surface area contributed by atoms with E-state index in [0.717, 1.165) is 32.5 Å². The van der Waals surface area contributed by atoms with Gasteiger partial charge >= 0.3 is 0 Å². The molecular formula is C14H26N2O3S. The summed E-state index contributed by atoms with van der Waals surface area (Å²) in [5, 5.41) is 3.46. The van der Waals surface area contributed by atoms with Crippen LogP contribution in [0.2, 0.25) is 0 Å². The number of hydrogen-bond donors (Lipinski definition) is 1. The summed E-state index contributed by atoms with van der Waals surface area (Å²) < 4.78 is 23.1. The first-order valence-corrected chi connectivity index (χ1v) is 9.56. The van der Waals surface area contributed by atoms with Crippen molar-refractivity contribution in [2.24, 2.45) is 5.92 Å². The Kier molecular flexibility index (Phi) is 5.43. The van der Waals surface area contributed by atoms with E-state index in [1.165, 1.54) is 12.8 Å². The van der Waals surface area contributed by atoms with Crippen molar-refractivity contribution in [3.63, 3.8) is 0 Å². The molecule has 0 aliphatic carbocycles. The minimum atomic E-state index is -2.99. The van der Waals surface area contributed by atoms with Crippen molar-refractivity contribution in [2.75, 3.05) is 31.1 Å². The van der Waals surface area contributed by atoms with Crippen LogP contribution in [0.25, 0.3) is 0 Å². The van der Waals surface area contributed by atoms with Crippen LogP contribution in [-0.4, -0.2) is 56.4 Å². The maximum Gasteiger partial charge on any atom is 0.226 e. The van der Waals surface area contributed by atoms with Crippen molar-refractivity contribution in [3.05, 3.63) is 0 Å². The highest BCUT2D eigenvalue weighted by Gasteiger charge is 2.35. The zero-order chi connectivity index (χ0) is 14.6. The van der Waals surface area contributed by atoms with Gasteiger partial charge in [0, 0.05) is 19.1 Å². The molecule has 0 radical (unpaired) electrons. The van der Waals surface area contributed by atoms with Gasteiger partial charge in [0.25, 0.3) is 0 Å². The van der Waals surface area contributed by atoms with E-state index in [1.807, 2.05) is 4.90 Å². The standard InChI is InChI=1S/C14H26N2O3S/c1-2-8-16(10-13-5-3-4-7-15-13)14(17)12-6-9-20(18,19)11-12/h12-13,15H,2-11H2,1H3. The predicted octanol–water partition coefficient (Wildman–Crippen LogP) is 0.802. The molecule has 0 bridgehead atoms. The fraction of sp³-hybridized carbons (Fsp3) is 0.929. The summed E-state index contributed by atoms with van der Waals surface area (Å²) in [6.07, 6.45) is 4.94. The third-order valence-electron chi connectivity index (χ3n) is 4.24.